The minimum atomic E-state index is -0.119. The first-order valence-electron chi connectivity index (χ1n) is 7.66. The van der Waals surface area contributed by atoms with Crippen molar-refractivity contribution in [3.63, 3.8) is 0 Å². The molecule has 21 heavy (non-hydrogen) atoms. The van der Waals surface area contributed by atoms with Crippen molar-refractivity contribution < 1.29 is 14.6 Å². The fraction of sp³-hybridized carbons (Fsp3) is 0.625. The molecule has 1 N–H and O–H groups in total. The first kappa shape index (κ1) is 14.3. The largest absolute Gasteiger partial charge is 0.491 e. The summed E-state index contributed by atoms with van der Waals surface area (Å²) in [5.41, 5.74) is 1.16. The van der Waals surface area contributed by atoms with E-state index in [2.05, 4.69) is 4.98 Å². The molecule has 0 spiro atoms. The van der Waals surface area contributed by atoms with Crippen molar-refractivity contribution >= 4 is 5.91 Å². The van der Waals surface area contributed by atoms with Gasteiger partial charge in [-0.2, -0.15) is 0 Å². The lowest BCUT2D eigenvalue weighted by Gasteiger charge is -2.34. The molecule has 5 heteroatoms. The van der Waals surface area contributed by atoms with E-state index in [1.165, 1.54) is 6.42 Å². The Kier molecular flexibility index (Phi) is 3.85. The van der Waals surface area contributed by atoms with Gasteiger partial charge in [-0.3, -0.25) is 4.79 Å². The molecule has 114 valence electrons. The van der Waals surface area contributed by atoms with Gasteiger partial charge in [-0.05, 0) is 50.7 Å². The van der Waals surface area contributed by atoms with E-state index in [0.29, 0.717) is 29.9 Å². The average molecular weight is 290 g/mol. The third kappa shape index (κ3) is 2.75. The number of carbonyl (C=O) groups is 1. The molecule has 1 aliphatic heterocycles. The number of likely N-dealkylation sites (tertiary alicyclic amines) is 1. The Morgan fingerprint density at radius 2 is 2.24 bits per heavy atom. The maximum atomic E-state index is 12.9. The minimum absolute atomic E-state index is 0.0186. The van der Waals surface area contributed by atoms with Crippen LogP contribution in [0.15, 0.2) is 12.1 Å². The van der Waals surface area contributed by atoms with Crippen molar-refractivity contribution in [1.82, 2.24) is 9.88 Å². The number of aliphatic hydroxyl groups is 1. The van der Waals surface area contributed by atoms with Crippen molar-refractivity contribution in [2.24, 2.45) is 11.8 Å². The Morgan fingerprint density at radius 3 is 2.95 bits per heavy atom. The summed E-state index contributed by atoms with van der Waals surface area (Å²) in [6.45, 7) is 5.00. The van der Waals surface area contributed by atoms with E-state index in [1.54, 1.807) is 11.0 Å². The molecule has 0 radical (unpaired) electrons. The Bertz CT molecular complexity index is 546. The Morgan fingerprint density at radius 1 is 1.43 bits per heavy atom. The topological polar surface area (TPSA) is 62.7 Å². The third-order valence-electron chi connectivity index (χ3n) is 4.49. The van der Waals surface area contributed by atoms with Gasteiger partial charge in [0.1, 0.15) is 0 Å². The van der Waals surface area contributed by atoms with Gasteiger partial charge >= 0.3 is 0 Å². The standard InChI is InChI=1S/C16H22N2O3/c1-3-21-14-5-4-10(2)17-15(14)16(20)18-8-12-6-11(12)7-13(18)9-19/h4-5,11-13,19H,3,6-9H2,1-2H3/t11?,12-,13-/m0/s1. The van der Waals surface area contributed by atoms with Crippen LogP contribution in [0.5, 0.6) is 5.75 Å². The van der Waals surface area contributed by atoms with Crippen molar-refractivity contribution in [1.29, 1.82) is 0 Å². The van der Waals surface area contributed by atoms with Crippen LogP contribution in [-0.2, 0) is 0 Å². The highest BCUT2D eigenvalue weighted by atomic mass is 16.5. The van der Waals surface area contributed by atoms with Crippen LogP contribution in [0.4, 0.5) is 0 Å². The second kappa shape index (κ2) is 5.64. The van der Waals surface area contributed by atoms with E-state index >= 15 is 0 Å². The summed E-state index contributed by atoms with van der Waals surface area (Å²) in [5.74, 6) is 1.72. The molecule has 2 heterocycles. The summed E-state index contributed by atoms with van der Waals surface area (Å²) in [6, 6.07) is 3.56. The Hall–Kier alpha value is -1.62. The van der Waals surface area contributed by atoms with Crippen molar-refractivity contribution in [3.8, 4) is 5.75 Å². The second-order valence-corrected chi connectivity index (χ2v) is 6.02. The number of fused-ring (bicyclic) bond motifs is 1. The first-order valence-corrected chi connectivity index (χ1v) is 7.66. The maximum absolute atomic E-state index is 12.9. The quantitative estimate of drug-likeness (QED) is 0.915. The smallest absolute Gasteiger partial charge is 0.276 e. The number of hydrogen-bond acceptors (Lipinski definition) is 4. The number of nitrogens with zero attached hydrogens (tertiary/aromatic N) is 2. The monoisotopic (exact) mass is 290 g/mol. The SMILES string of the molecule is CCOc1ccc(C)nc1C(=O)N1C[C@@H]2CC2C[C@H]1CO. The number of rotatable bonds is 4. The van der Waals surface area contributed by atoms with Crippen LogP contribution < -0.4 is 4.74 Å². The number of carbonyl (C=O) groups excluding carboxylic acids is 1. The predicted molar refractivity (Wildman–Crippen MR) is 78.3 cm³/mol. The molecule has 0 bridgehead atoms. The van der Waals surface area contributed by atoms with Crippen LogP contribution in [0, 0.1) is 18.8 Å². The first-order chi connectivity index (χ1) is 10.1. The molecule has 1 saturated heterocycles. The summed E-state index contributed by atoms with van der Waals surface area (Å²) >= 11 is 0. The lowest BCUT2D eigenvalue weighted by Crippen LogP contribution is -2.47. The normalized spacial score (nSPS) is 27.2. The van der Waals surface area contributed by atoms with Crippen molar-refractivity contribution in [2.45, 2.75) is 32.7 Å². The molecule has 1 aromatic rings. The van der Waals surface area contributed by atoms with Crippen LogP contribution >= 0.6 is 0 Å². The molecule has 0 aromatic carbocycles. The number of pyridine rings is 1. The van der Waals surface area contributed by atoms with Gasteiger partial charge in [-0.15, -0.1) is 0 Å². The molecular weight excluding hydrogens is 268 g/mol. The summed E-state index contributed by atoms with van der Waals surface area (Å²) < 4.78 is 5.54. The molecule has 3 rings (SSSR count). The van der Waals surface area contributed by atoms with E-state index in [4.69, 9.17) is 4.74 Å². The average Bonchev–Trinajstić information content (AvgIpc) is 3.25. The van der Waals surface area contributed by atoms with Crippen LogP contribution in [0.25, 0.3) is 0 Å². The van der Waals surface area contributed by atoms with Gasteiger partial charge in [0.15, 0.2) is 11.4 Å². The van der Waals surface area contributed by atoms with Crippen LogP contribution in [0.1, 0.15) is 35.9 Å². The van der Waals surface area contributed by atoms with Gasteiger partial charge < -0.3 is 14.7 Å². The van der Waals surface area contributed by atoms with Gasteiger partial charge in [0.25, 0.3) is 5.91 Å². The Labute approximate surface area is 124 Å². The number of amides is 1. The number of piperidine rings is 1. The zero-order chi connectivity index (χ0) is 15.0. The van der Waals surface area contributed by atoms with Crippen molar-refractivity contribution in [2.75, 3.05) is 19.8 Å². The van der Waals surface area contributed by atoms with E-state index in [1.807, 2.05) is 19.9 Å². The van der Waals surface area contributed by atoms with Gasteiger partial charge in [-0.25, -0.2) is 4.98 Å². The molecule has 1 unspecified atom stereocenters. The van der Waals surface area contributed by atoms with Gasteiger partial charge in [-0.1, -0.05) is 0 Å². The van der Waals surface area contributed by atoms with Crippen LogP contribution in [-0.4, -0.2) is 46.7 Å². The number of aliphatic hydroxyl groups excluding tert-OH is 1. The molecular formula is C16H22N2O3. The fourth-order valence-electron chi connectivity index (χ4n) is 3.23. The minimum Gasteiger partial charge on any atom is -0.491 e. The van der Waals surface area contributed by atoms with Gasteiger partial charge in [0.05, 0.1) is 19.3 Å². The molecule has 1 saturated carbocycles. The molecule has 5 nitrogen and oxygen atoms in total. The zero-order valence-corrected chi connectivity index (χ0v) is 12.6. The summed E-state index contributed by atoms with van der Waals surface area (Å²) in [5, 5.41) is 9.58. The highest BCUT2D eigenvalue weighted by molar-refractivity contribution is 5.95. The van der Waals surface area contributed by atoms with E-state index in [-0.39, 0.29) is 18.6 Å². The summed E-state index contributed by atoms with van der Waals surface area (Å²) in [4.78, 5) is 19.0. The van der Waals surface area contributed by atoms with Crippen LogP contribution in [0.2, 0.25) is 0 Å². The summed E-state index contributed by atoms with van der Waals surface area (Å²) in [7, 11) is 0. The van der Waals surface area contributed by atoms with Gasteiger partial charge in [0.2, 0.25) is 0 Å². The number of hydrogen-bond donors (Lipinski definition) is 1. The predicted octanol–water partition coefficient (Wildman–Crippen LogP) is 1.63. The highest BCUT2D eigenvalue weighted by Gasteiger charge is 2.47. The summed E-state index contributed by atoms with van der Waals surface area (Å²) in [6.07, 6.45) is 2.09. The lowest BCUT2D eigenvalue weighted by molar-refractivity contribution is 0.0476. The molecule has 1 aliphatic carbocycles. The molecule has 2 fully saturated rings. The maximum Gasteiger partial charge on any atom is 0.276 e. The molecule has 3 atom stereocenters. The van der Waals surface area contributed by atoms with Crippen LogP contribution in [0.3, 0.4) is 0 Å². The number of aromatic nitrogens is 1. The number of aryl methyl sites for hydroxylation is 1. The Balaban J connectivity index is 1.88. The lowest BCUT2D eigenvalue weighted by atomic mass is 10.0. The second-order valence-electron chi connectivity index (χ2n) is 6.02. The molecule has 1 aromatic heterocycles. The van der Waals surface area contributed by atoms with E-state index in [9.17, 15) is 9.90 Å². The van der Waals surface area contributed by atoms with Gasteiger partial charge in [0, 0.05) is 12.2 Å². The number of ether oxygens (including phenoxy) is 1. The van der Waals surface area contributed by atoms with E-state index in [0.717, 1.165) is 18.7 Å². The van der Waals surface area contributed by atoms with E-state index < -0.39 is 0 Å². The highest BCUT2D eigenvalue weighted by Crippen LogP contribution is 2.47. The molecule has 1 amide bonds. The zero-order valence-electron chi connectivity index (χ0n) is 12.6. The third-order valence-corrected chi connectivity index (χ3v) is 4.49. The van der Waals surface area contributed by atoms with Crippen molar-refractivity contribution in [3.05, 3.63) is 23.5 Å². The fourth-order valence-corrected chi connectivity index (χ4v) is 3.23. The molecule has 2 aliphatic rings.